The van der Waals surface area contributed by atoms with Crippen LogP contribution in [0, 0.1) is 11.8 Å². The maximum atomic E-state index is 13.6. The van der Waals surface area contributed by atoms with E-state index in [2.05, 4.69) is 0 Å². The largest absolute Gasteiger partial charge is 0.480 e. The van der Waals surface area contributed by atoms with Crippen LogP contribution in [0.25, 0.3) is 0 Å². The Morgan fingerprint density at radius 1 is 1.23 bits per heavy atom. The molecule has 31 heavy (non-hydrogen) atoms. The van der Waals surface area contributed by atoms with Crippen LogP contribution in [0.15, 0.2) is 24.3 Å². The van der Waals surface area contributed by atoms with Crippen molar-refractivity contribution in [3.63, 3.8) is 0 Å². The summed E-state index contributed by atoms with van der Waals surface area (Å²) in [5.74, 6) is -3.97. The van der Waals surface area contributed by atoms with Gasteiger partial charge in [0.1, 0.15) is 6.04 Å². The summed E-state index contributed by atoms with van der Waals surface area (Å²) in [6, 6.07) is 1.95. The van der Waals surface area contributed by atoms with Crippen molar-refractivity contribution < 1.29 is 32.7 Å². The predicted molar refractivity (Wildman–Crippen MR) is 106 cm³/mol. The number of nitrogens with one attached hydrogen (secondary N) is 1. The van der Waals surface area contributed by atoms with Gasteiger partial charge in [-0.3, -0.25) is 4.79 Å². The summed E-state index contributed by atoms with van der Waals surface area (Å²) in [6.07, 6.45) is -1.43. The number of alkyl halides is 3. The molecule has 0 aromatic heterocycles. The highest BCUT2D eigenvalue weighted by molar-refractivity contribution is 6.30. The fraction of sp³-hybridized carbons (Fsp3) is 0.571. The van der Waals surface area contributed by atoms with Gasteiger partial charge in [0.05, 0.1) is 5.92 Å². The molecular weight excluding hydrogens is 437 g/mol. The Bertz CT molecular complexity index is 842. The minimum atomic E-state index is -4.68. The molecule has 0 spiro atoms. The van der Waals surface area contributed by atoms with E-state index in [1.54, 1.807) is 24.3 Å². The lowest BCUT2D eigenvalue weighted by molar-refractivity contribution is -0.173. The van der Waals surface area contributed by atoms with Gasteiger partial charge in [-0.2, -0.15) is 13.2 Å². The number of benzene rings is 1. The van der Waals surface area contributed by atoms with Gasteiger partial charge in [0.15, 0.2) is 6.04 Å². The lowest BCUT2D eigenvalue weighted by Gasteiger charge is -2.44. The van der Waals surface area contributed by atoms with E-state index in [1.165, 1.54) is 0 Å². The van der Waals surface area contributed by atoms with Gasteiger partial charge < -0.3 is 10.4 Å². The summed E-state index contributed by atoms with van der Waals surface area (Å²) >= 11 is 5.92. The van der Waals surface area contributed by atoms with Crippen LogP contribution in [0.3, 0.4) is 0 Å². The minimum absolute atomic E-state index is 0.144. The SMILES string of the molecule is O=C(O)[C@@H]1[C@@H](CCc2cccc(Cl)c2)C(=O)N1C(=O)NC(C1CCCCC1)C(F)(F)F. The molecule has 2 fully saturated rings. The molecule has 1 unspecified atom stereocenters. The van der Waals surface area contributed by atoms with E-state index >= 15 is 0 Å². The number of amides is 3. The zero-order chi connectivity index (χ0) is 22.8. The first-order valence-corrected chi connectivity index (χ1v) is 10.6. The number of carbonyl (C=O) groups is 3. The van der Waals surface area contributed by atoms with Gasteiger partial charge >= 0.3 is 18.2 Å². The highest BCUT2D eigenvalue weighted by Crippen LogP contribution is 2.36. The first-order valence-electron chi connectivity index (χ1n) is 10.3. The van der Waals surface area contributed by atoms with Gasteiger partial charge in [-0.1, -0.05) is 43.0 Å². The fourth-order valence-corrected chi connectivity index (χ4v) is 4.70. The number of β-lactam (4-membered cyclic amide) rings is 1. The van der Waals surface area contributed by atoms with E-state index in [4.69, 9.17) is 11.6 Å². The molecule has 6 nitrogen and oxygen atoms in total. The average molecular weight is 461 g/mol. The number of nitrogens with zero attached hydrogens (tertiary/aromatic N) is 1. The van der Waals surface area contributed by atoms with Crippen molar-refractivity contribution in [1.29, 1.82) is 0 Å². The molecule has 3 atom stereocenters. The Morgan fingerprint density at radius 2 is 1.90 bits per heavy atom. The molecular formula is C21H24ClF3N2O4. The van der Waals surface area contributed by atoms with Crippen molar-refractivity contribution in [2.75, 3.05) is 0 Å². The summed E-state index contributed by atoms with van der Waals surface area (Å²) in [7, 11) is 0. The first kappa shape index (κ1) is 23.4. The van der Waals surface area contributed by atoms with Crippen LogP contribution in [0.2, 0.25) is 5.02 Å². The number of imide groups is 1. The van der Waals surface area contributed by atoms with Crippen LogP contribution in [0.4, 0.5) is 18.0 Å². The number of hydrogen-bond acceptors (Lipinski definition) is 3. The fourth-order valence-electron chi connectivity index (χ4n) is 4.49. The number of halogens is 4. The first-order chi connectivity index (χ1) is 14.6. The predicted octanol–water partition coefficient (Wildman–Crippen LogP) is 4.41. The zero-order valence-electron chi connectivity index (χ0n) is 16.7. The Morgan fingerprint density at radius 3 is 2.48 bits per heavy atom. The van der Waals surface area contributed by atoms with Crippen molar-refractivity contribution in [1.82, 2.24) is 10.2 Å². The van der Waals surface area contributed by atoms with E-state index in [0.29, 0.717) is 42.0 Å². The second kappa shape index (κ2) is 9.46. The minimum Gasteiger partial charge on any atom is -0.480 e. The molecule has 1 aromatic rings. The smallest absolute Gasteiger partial charge is 0.408 e. The third-order valence-electron chi connectivity index (χ3n) is 6.07. The highest BCUT2D eigenvalue weighted by Gasteiger charge is 2.56. The van der Waals surface area contributed by atoms with Crippen molar-refractivity contribution in [2.45, 2.75) is 63.2 Å². The van der Waals surface area contributed by atoms with Gasteiger partial charge in [-0.25, -0.2) is 14.5 Å². The van der Waals surface area contributed by atoms with Crippen molar-refractivity contribution in [2.24, 2.45) is 11.8 Å². The van der Waals surface area contributed by atoms with Crippen LogP contribution < -0.4 is 5.32 Å². The summed E-state index contributed by atoms with van der Waals surface area (Å²) in [6.45, 7) is 0. The van der Waals surface area contributed by atoms with E-state index < -0.39 is 48.0 Å². The van der Waals surface area contributed by atoms with E-state index in [1.807, 2.05) is 5.32 Å². The Labute approximate surface area is 182 Å². The highest BCUT2D eigenvalue weighted by atomic mass is 35.5. The third kappa shape index (κ3) is 5.31. The van der Waals surface area contributed by atoms with Crippen LogP contribution in [-0.2, 0) is 16.0 Å². The number of aryl methyl sites for hydroxylation is 1. The molecule has 1 heterocycles. The molecule has 10 heteroatoms. The molecule has 170 valence electrons. The van der Waals surface area contributed by atoms with Gasteiger partial charge in [-0.05, 0) is 49.3 Å². The van der Waals surface area contributed by atoms with Crippen LogP contribution in [0.5, 0.6) is 0 Å². The summed E-state index contributed by atoms with van der Waals surface area (Å²) in [5, 5.41) is 11.9. The number of likely N-dealkylation sites (tertiary alicyclic amines) is 1. The number of rotatable bonds is 6. The second-order valence-electron chi connectivity index (χ2n) is 8.13. The van der Waals surface area contributed by atoms with Crippen molar-refractivity contribution in [3.8, 4) is 0 Å². The van der Waals surface area contributed by atoms with Crippen LogP contribution in [-0.4, -0.2) is 46.2 Å². The summed E-state index contributed by atoms with van der Waals surface area (Å²) in [4.78, 5) is 37.1. The Balaban J connectivity index is 1.68. The zero-order valence-corrected chi connectivity index (χ0v) is 17.5. The summed E-state index contributed by atoms with van der Waals surface area (Å²) < 4.78 is 40.7. The van der Waals surface area contributed by atoms with Crippen molar-refractivity contribution in [3.05, 3.63) is 34.9 Å². The molecule has 3 amide bonds. The standard InChI is InChI=1S/C21H24ClF3N2O4/c22-14-8-4-5-12(11-14)9-10-15-16(19(29)30)27(18(15)28)20(31)26-17(21(23,24)25)13-6-2-1-3-7-13/h4-5,8,11,13,15-17H,1-3,6-7,9-10H2,(H,26,31)(H,29,30)/t15-,16+,17?/m1/s1. The molecule has 3 rings (SSSR count). The number of hydrogen-bond donors (Lipinski definition) is 2. The maximum absolute atomic E-state index is 13.6. The topological polar surface area (TPSA) is 86.7 Å². The molecule has 1 aliphatic heterocycles. The van der Waals surface area contributed by atoms with Gasteiger partial charge in [0, 0.05) is 5.02 Å². The molecule has 1 saturated carbocycles. The van der Waals surface area contributed by atoms with E-state index in [-0.39, 0.29) is 6.42 Å². The molecule has 1 saturated heterocycles. The third-order valence-corrected chi connectivity index (χ3v) is 6.31. The second-order valence-corrected chi connectivity index (χ2v) is 8.57. The molecule has 1 aliphatic carbocycles. The number of carboxylic acids is 1. The number of carboxylic acid groups (broad SMARTS) is 1. The number of urea groups is 1. The quantitative estimate of drug-likeness (QED) is 0.616. The van der Waals surface area contributed by atoms with Gasteiger partial charge in [0.2, 0.25) is 5.91 Å². The number of aliphatic carboxylic acids is 1. The van der Waals surface area contributed by atoms with Gasteiger partial charge in [0.25, 0.3) is 0 Å². The maximum Gasteiger partial charge on any atom is 0.408 e. The lowest BCUT2D eigenvalue weighted by Crippen LogP contribution is -2.69. The Hall–Kier alpha value is -2.29. The number of carbonyl (C=O) groups excluding carboxylic acids is 2. The molecule has 2 aliphatic rings. The van der Waals surface area contributed by atoms with Crippen molar-refractivity contribution >= 4 is 29.5 Å². The molecule has 0 bridgehead atoms. The van der Waals surface area contributed by atoms with Crippen LogP contribution >= 0.6 is 11.6 Å². The van der Waals surface area contributed by atoms with Gasteiger partial charge in [-0.15, -0.1) is 0 Å². The molecule has 2 N–H and O–H groups in total. The molecule has 1 aromatic carbocycles. The van der Waals surface area contributed by atoms with E-state index in [9.17, 15) is 32.7 Å². The normalized spacial score (nSPS) is 23.2. The monoisotopic (exact) mass is 460 g/mol. The Kier molecular flexibility index (Phi) is 7.13. The van der Waals surface area contributed by atoms with Crippen LogP contribution in [0.1, 0.15) is 44.1 Å². The average Bonchev–Trinajstić information content (AvgIpc) is 2.69. The molecule has 0 radical (unpaired) electrons. The van der Waals surface area contributed by atoms with E-state index in [0.717, 1.165) is 12.0 Å². The summed E-state index contributed by atoms with van der Waals surface area (Å²) in [5.41, 5.74) is 0.793. The lowest BCUT2D eigenvalue weighted by atomic mass is 9.82.